The van der Waals surface area contributed by atoms with E-state index in [4.69, 9.17) is 4.74 Å². The van der Waals surface area contributed by atoms with Gasteiger partial charge in [-0.3, -0.25) is 14.4 Å². The maximum Gasteiger partial charge on any atom is 0.261 e. The van der Waals surface area contributed by atoms with Crippen molar-refractivity contribution >= 4 is 56.2 Å². The van der Waals surface area contributed by atoms with Crippen molar-refractivity contribution in [2.24, 2.45) is 5.92 Å². The van der Waals surface area contributed by atoms with Gasteiger partial charge in [-0.2, -0.15) is 5.10 Å². The number of carbonyl (C=O) groups excluding carboxylic acids is 3. The number of rotatable bonds is 15. The van der Waals surface area contributed by atoms with Crippen LogP contribution in [0.25, 0.3) is 33.8 Å². The number of ether oxygens (including phenoxy) is 1. The number of nitrogens with zero attached hydrogens (tertiary/aromatic N) is 6. The first-order chi connectivity index (χ1) is 30.4. The third-order valence-corrected chi connectivity index (χ3v) is 11.6. The molecule has 0 unspecified atom stereocenters. The Balaban J connectivity index is 0.000000178. The van der Waals surface area contributed by atoms with Gasteiger partial charge in [0.15, 0.2) is 23.2 Å². The lowest BCUT2D eigenvalue weighted by atomic mass is 9.98. The lowest BCUT2D eigenvalue weighted by molar-refractivity contribution is -0.125. The van der Waals surface area contributed by atoms with Crippen LogP contribution in [0.15, 0.2) is 65.5 Å². The lowest BCUT2D eigenvalue weighted by Crippen LogP contribution is -2.30. The molecule has 6 N–H and O–H groups in total. The highest BCUT2D eigenvalue weighted by Gasteiger charge is 2.29. The van der Waals surface area contributed by atoms with E-state index >= 15 is 0 Å². The summed E-state index contributed by atoms with van der Waals surface area (Å²) in [6.45, 7) is 12.0. The summed E-state index contributed by atoms with van der Waals surface area (Å²) >= 11 is 3.46. The predicted molar refractivity (Wildman–Crippen MR) is 248 cm³/mol. The molecule has 2 aliphatic carbocycles. The minimum absolute atomic E-state index is 0.0588. The zero-order valence-corrected chi connectivity index (χ0v) is 38.5. The number of Topliss-reactive ketones (excluding diaryl/α,β-unsaturated/α-hetero) is 1. The van der Waals surface area contributed by atoms with Gasteiger partial charge >= 0.3 is 0 Å². The van der Waals surface area contributed by atoms with Crippen molar-refractivity contribution in [3.63, 3.8) is 0 Å². The van der Waals surface area contributed by atoms with Gasteiger partial charge in [-0.05, 0) is 124 Å². The second-order valence-corrected chi connectivity index (χ2v) is 19.2. The maximum atomic E-state index is 12.5. The summed E-state index contributed by atoms with van der Waals surface area (Å²) in [4.78, 5) is 46.2. The second-order valence-electron chi connectivity index (χ2n) is 18.4. The third kappa shape index (κ3) is 10.7. The second kappa shape index (κ2) is 17.9. The van der Waals surface area contributed by atoms with Crippen LogP contribution in [-0.2, 0) is 4.79 Å². The van der Waals surface area contributed by atoms with Gasteiger partial charge < -0.3 is 36.2 Å². The van der Waals surface area contributed by atoms with Gasteiger partial charge in [0.1, 0.15) is 4.60 Å². The van der Waals surface area contributed by atoms with Gasteiger partial charge in [0.25, 0.3) is 11.8 Å². The van der Waals surface area contributed by atoms with Crippen LogP contribution < -0.4 is 26.0 Å². The molecule has 16 nitrogen and oxygen atoms in total. The fraction of sp³-hybridized carbons (Fsp3) is 0.426. The Kier molecular flexibility index (Phi) is 12.5. The van der Waals surface area contributed by atoms with Gasteiger partial charge in [-0.25, -0.2) is 19.0 Å². The molecule has 1 atom stereocenters. The first kappa shape index (κ1) is 44.7. The molecule has 6 aromatic rings. The van der Waals surface area contributed by atoms with Crippen LogP contribution in [0, 0.1) is 19.8 Å². The Morgan fingerprint density at radius 3 is 1.88 bits per heavy atom. The van der Waals surface area contributed by atoms with Crippen LogP contribution in [0.3, 0.4) is 0 Å². The molecule has 1 saturated heterocycles. The van der Waals surface area contributed by atoms with Crippen LogP contribution in [0.2, 0.25) is 0 Å². The van der Waals surface area contributed by atoms with E-state index in [1.165, 1.54) is 12.8 Å². The fourth-order valence-electron chi connectivity index (χ4n) is 7.45. The molecule has 0 spiro atoms. The average molecular weight is 936 g/mol. The molecule has 336 valence electrons. The Morgan fingerprint density at radius 1 is 0.797 bits per heavy atom. The highest BCUT2D eigenvalue weighted by atomic mass is 79.9. The fourth-order valence-corrected chi connectivity index (χ4v) is 7.83. The number of nitrogens with one attached hydrogen (secondary N) is 4. The Bertz CT molecular complexity index is 2740. The van der Waals surface area contributed by atoms with Gasteiger partial charge in [0.2, 0.25) is 5.88 Å². The van der Waals surface area contributed by atoms with E-state index in [1.54, 1.807) is 55.2 Å². The quantitative estimate of drug-likeness (QED) is 0.0596. The van der Waals surface area contributed by atoms with E-state index in [0.29, 0.717) is 70.7 Å². The molecule has 2 aromatic carbocycles. The summed E-state index contributed by atoms with van der Waals surface area (Å²) in [6.07, 6.45) is 8.52. The number of amides is 2. The zero-order chi connectivity index (χ0) is 45.5. The van der Waals surface area contributed by atoms with Crippen molar-refractivity contribution in [2.75, 3.05) is 30.3 Å². The van der Waals surface area contributed by atoms with Gasteiger partial charge in [0.05, 0.1) is 46.4 Å². The van der Waals surface area contributed by atoms with Crippen molar-refractivity contribution < 1.29 is 29.3 Å². The van der Waals surface area contributed by atoms with E-state index in [2.05, 4.69) is 57.4 Å². The molecule has 64 heavy (non-hydrogen) atoms. The van der Waals surface area contributed by atoms with Crippen LogP contribution in [0.4, 0.5) is 11.4 Å². The molecule has 0 radical (unpaired) electrons. The first-order valence-corrected chi connectivity index (χ1v) is 22.5. The van der Waals surface area contributed by atoms with E-state index in [1.807, 2.05) is 56.3 Å². The molecule has 4 aromatic heterocycles. The number of hydrogen-bond acceptors (Lipinski definition) is 12. The number of benzene rings is 2. The van der Waals surface area contributed by atoms with Gasteiger partial charge in [-0.15, -0.1) is 5.10 Å². The summed E-state index contributed by atoms with van der Waals surface area (Å²) in [7, 11) is 0. The minimum Gasteiger partial charge on any atom is -0.463 e. The largest absolute Gasteiger partial charge is 0.463 e. The molecule has 5 heterocycles. The number of imidazole rings is 2. The smallest absolute Gasteiger partial charge is 0.261 e. The SMILES string of the molecule is Cc1cc(-c2cnc3c(NCC(C)(C)O)cc(Br)nn23)ccc1C(=O)CC1CC1.Cc1cc(-c2cnc3c(NCC(C)(C)O)cc(O[C@H]4CCNC4=O)nn23)ccc1C(=O)NC1CC1. The van der Waals surface area contributed by atoms with Crippen LogP contribution in [0.5, 0.6) is 5.88 Å². The predicted octanol–water partition coefficient (Wildman–Crippen LogP) is 6.68. The number of aryl methyl sites for hydroxylation is 2. The number of fused-ring (bicyclic) bond motifs is 2. The normalized spacial score (nSPS) is 16.3. The molecule has 17 heteroatoms. The number of ketones is 1. The number of hydrogen-bond donors (Lipinski definition) is 6. The van der Waals surface area contributed by atoms with Crippen molar-refractivity contribution in [3.05, 3.63) is 87.8 Å². The Labute approximate surface area is 379 Å². The molecule has 2 saturated carbocycles. The van der Waals surface area contributed by atoms with Crippen LogP contribution in [0.1, 0.15) is 98.1 Å². The van der Waals surface area contributed by atoms with Crippen molar-refractivity contribution in [2.45, 2.75) is 103 Å². The monoisotopic (exact) mass is 934 g/mol. The van der Waals surface area contributed by atoms with E-state index in [0.717, 1.165) is 52.0 Å². The minimum atomic E-state index is -0.948. The topological polar surface area (TPSA) is 209 Å². The molecule has 0 bridgehead atoms. The summed E-state index contributed by atoms with van der Waals surface area (Å²) in [5.74, 6) is 0.857. The average Bonchev–Trinajstić information content (AvgIpc) is 4.09. The van der Waals surface area contributed by atoms with Gasteiger partial charge in [-0.1, -0.05) is 18.2 Å². The zero-order valence-electron chi connectivity index (χ0n) is 37.0. The number of anilines is 2. The highest BCUT2D eigenvalue weighted by molar-refractivity contribution is 9.10. The van der Waals surface area contributed by atoms with E-state index in [9.17, 15) is 24.6 Å². The molecule has 9 rings (SSSR count). The summed E-state index contributed by atoms with van der Waals surface area (Å²) in [5.41, 5.74) is 7.48. The van der Waals surface area contributed by atoms with Crippen molar-refractivity contribution in [3.8, 4) is 28.4 Å². The number of carbonyl (C=O) groups is 3. The van der Waals surface area contributed by atoms with E-state index in [-0.39, 0.29) is 30.0 Å². The van der Waals surface area contributed by atoms with Crippen LogP contribution in [-0.4, -0.2) is 100.0 Å². The summed E-state index contributed by atoms with van der Waals surface area (Å²) in [6, 6.07) is 15.4. The first-order valence-electron chi connectivity index (χ1n) is 21.7. The Morgan fingerprint density at radius 2 is 1.36 bits per heavy atom. The number of aromatic nitrogens is 6. The highest BCUT2D eigenvalue weighted by Crippen LogP contribution is 2.35. The molecule has 1 aliphatic heterocycles. The summed E-state index contributed by atoms with van der Waals surface area (Å²) < 4.78 is 10.0. The molecular weight excluding hydrogens is 880 g/mol. The Hall–Kier alpha value is -5.91. The molecule has 2 amide bonds. The maximum absolute atomic E-state index is 12.5. The van der Waals surface area contributed by atoms with Gasteiger partial charge in [0, 0.05) is 66.8 Å². The van der Waals surface area contributed by atoms with E-state index < -0.39 is 17.3 Å². The van der Waals surface area contributed by atoms with Crippen LogP contribution >= 0.6 is 15.9 Å². The van der Waals surface area contributed by atoms with Crippen molar-refractivity contribution in [1.82, 2.24) is 39.8 Å². The molecular formula is C47H55BrN10O6. The lowest BCUT2D eigenvalue weighted by Gasteiger charge is -2.19. The summed E-state index contributed by atoms with van der Waals surface area (Å²) in [5, 5.41) is 41.7. The third-order valence-electron chi connectivity index (χ3n) is 11.2. The molecule has 3 fully saturated rings. The number of halogens is 1. The van der Waals surface area contributed by atoms with Crippen molar-refractivity contribution in [1.29, 1.82) is 0 Å². The molecule has 3 aliphatic rings. The standard InChI is InChI=1S/C25H30N6O4.C22H25BrN4O2/c1-14-10-15(4-7-17(14)23(32)29-16-5-6-16)19-12-27-22-18(28-13-25(2,3)34)11-21(30-31(19)22)35-20-8-9-26-24(20)33;1-13-8-15(6-7-16(13)19(28)9-14-4-5-14)18-11-24-21-17(25-12-22(2,3)29)10-20(23)26-27(18)21/h4,7,10-12,16,20,28,34H,5-6,8-9,13H2,1-3H3,(H,26,33)(H,29,32);6-8,10-11,14,25,29H,4-5,9,12H2,1-3H3/t20-;/m0./s1. The number of aliphatic hydroxyl groups is 2.